The van der Waals surface area contributed by atoms with E-state index in [-0.39, 0.29) is 5.95 Å². The van der Waals surface area contributed by atoms with E-state index in [1.54, 1.807) is 7.11 Å². The number of nitrogens with zero attached hydrogens (tertiary/aromatic N) is 4. The summed E-state index contributed by atoms with van der Waals surface area (Å²) in [6, 6.07) is 12.0. The molecule has 0 spiro atoms. The Balaban J connectivity index is 1.74. The number of halogens is 1. The molecule has 0 bridgehead atoms. The number of benzene rings is 2. The van der Waals surface area contributed by atoms with E-state index >= 15 is 0 Å². The molecule has 8 nitrogen and oxygen atoms in total. The van der Waals surface area contributed by atoms with Crippen LogP contribution < -0.4 is 20.6 Å². The summed E-state index contributed by atoms with van der Waals surface area (Å²) >= 11 is 3.56. The van der Waals surface area contributed by atoms with Crippen LogP contribution >= 0.6 is 15.9 Å². The molecule has 0 saturated carbocycles. The van der Waals surface area contributed by atoms with Crippen molar-refractivity contribution >= 4 is 21.9 Å². The monoisotopic (exact) mass is 418 g/mol. The summed E-state index contributed by atoms with van der Waals surface area (Å²) in [7, 11) is 1.61. The first kappa shape index (κ1) is 18.0. The predicted octanol–water partition coefficient (Wildman–Crippen LogP) is 2.66. The zero-order valence-corrected chi connectivity index (χ0v) is 16.0. The Morgan fingerprint density at radius 2 is 2.08 bits per heavy atom. The summed E-state index contributed by atoms with van der Waals surface area (Å²) < 4.78 is 12.3. The first-order valence-corrected chi connectivity index (χ1v) is 8.69. The smallest absolute Gasteiger partial charge is 0.260 e. The van der Waals surface area contributed by atoms with E-state index < -0.39 is 0 Å². The van der Waals surface area contributed by atoms with Crippen LogP contribution in [0.4, 0.5) is 5.95 Å². The van der Waals surface area contributed by atoms with Crippen molar-refractivity contribution in [1.82, 2.24) is 20.3 Å². The minimum atomic E-state index is 0.189. The molecule has 0 saturated heterocycles. The van der Waals surface area contributed by atoms with Crippen LogP contribution in [-0.4, -0.2) is 27.4 Å². The molecule has 0 amide bonds. The molecule has 3 N–H and O–H groups in total. The van der Waals surface area contributed by atoms with Gasteiger partial charge in [0.05, 0.1) is 18.1 Å². The van der Waals surface area contributed by atoms with E-state index in [1.165, 1.54) is 10.4 Å². The Hall–Kier alpha value is -2.81. The Bertz CT molecular complexity index is 899. The molecule has 2 aromatic carbocycles. The zero-order chi connectivity index (χ0) is 18.5. The summed E-state index contributed by atoms with van der Waals surface area (Å²) in [4.78, 5) is 1.31. The lowest BCUT2D eigenvalue weighted by atomic mass is 10.1. The molecule has 0 fully saturated rings. The van der Waals surface area contributed by atoms with Gasteiger partial charge >= 0.3 is 0 Å². The lowest BCUT2D eigenvalue weighted by molar-refractivity contribution is 0.282. The number of ether oxygens (including phenoxy) is 2. The molecule has 0 aliphatic carbocycles. The number of nitrogen functional groups attached to an aromatic ring is 1. The summed E-state index contributed by atoms with van der Waals surface area (Å²) in [5, 5.41) is 10.8. The Morgan fingerprint density at radius 3 is 2.77 bits per heavy atom. The SMILES string of the molecule is COc1cc(CNn2nnnc2N)cc(Br)c1OCc1ccccc1C. The van der Waals surface area contributed by atoms with Gasteiger partial charge < -0.3 is 20.6 Å². The number of aryl methyl sites for hydroxylation is 1. The number of methoxy groups -OCH3 is 1. The molecule has 0 atom stereocenters. The van der Waals surface area contributed by atoms with Crippen molar-refractivity contribution in [3.63, 3.8) is 0 Å². The third-order valence-electron chi connectivity index (χ3n) is 3.85. The minimum absolute atomic E-state index is 0.189. The zero-order valence-electron chi connectivity index (χ0n) is 14.4. The van der Waals surface area contributed by atoms with Gasteiger partial charge in [-0.3, -0.25) is 0 Å². The van der Waals surface area contributed by atoms with Crippen LogP contribution in [0.25, 0.3) is 0 Å². The minimum Gasteiger partial charge on any atom is -0.493 e. The van der Waals surface area contributed by atoms with E-state index in [9.17, 15) is 0 Å². The van der Waals surface area contributed by atoms with Gasteiger partial charge in [0.1, 0.15) is 6.61 Å². The van der Waals surface area contributed by atoms with Gasteiger partial charge in [-0.25, -0.2) is 0 Å². The quantitative estimate of drug-likeness (QED) is 0.607. The number of anilines is 1. The van der Waals surface area contributed by atoms with Crippen LogP contribution in [0, 0.1) is 6.92 Å². The van der Waals surface area contributed by atoms with Crippen LogP contribution in [0.1, 0.15) is 16.7 Å². The number of nitrogens with one attached hydrogen (secondary N) is 1. The fourth-order valence-corrected chi connectivity index (χ4v) is 3.01. The standard InChI is InChI=1S/C17H19BrN6O2/c1-11-5-3-4-6-13(11)10-26-16-14(18)7-12(8-15(16)25-2)9-20-24-17(19)21-22-23-24/h3-8,20H,9-10H2,1-2H3,(H2,19,21,23). The number of hydrogen-bond donors (Lipinski definition) is 2. The summed E-state index contributed by atoms with van der Waals surface area (Å²) in [6.07, 6.45) is 0. The molecule has 3 aromatic rings. The number of rotatable bonds is 7. The van der Waals surface area contributed by atoms with Gasteiger partial charge in [0, 0.05) is 0 Å². The molecule has 0 aliphatic heterocycles. The molecular formula is C17H19BrN6O2. The van der Waals surface area contributed by atoms with Crippen molar-refractivity contribution in [1.29, 1.82) is 0 Å². The maximum atomic E-state index is 6.00. The average molecular weight is 419 g/mol. The van der Waals surface area contributed by atoms with Gasteiger partial charge in [-0.05, 0) is 62.1 Å². The Kier molecular flexibility index (Phi) is 5.57. The van der Waals surface area contributed by atoms with E-state index in [0.717, 1.165) is 15.6 Å². The first-order valence-electron chi connectivity index (χ1n) is 7.90. The highest BCUT2D eigenvalue weighted by Crippen LogP contribution is 2.37. The lowest BCUT2D eigenvalue weighted by Crippen LogP contribution is -2.18. The summed E-state index contributed by atoms with van der Waals surface area (Å²) in [5.74, 6) is 1.48. The summed E-state index contributed by atoms with van der Waals surface area (Å²) in [6.45, 7) is 2.98. The van der Waals surface area contributed by atoms with E-state index in [2.05, 4.69) is 49.9 Å². The van der Waals surface area contributed by atoms with Crippen LogP contribution in [-0.2, 0) is 13.2 Å². The maximum absolute atomic E-state index is 6.00. The molecule has 3 rings (SSSR count). The van der Waals surface area contributed by atoms with Crippen molar-refractivity contribution in [3.05, 3.63) is 57.6 Å². The predicted molar refractivity (Wildman–Crippen MR) is 101 cm³/mol. The third kappa shape index (κ3) is 4.05. The van der Waals surface area contributed by atoms with E-state index in [1.807, 2.05) is 30.3 Å². The van der Waals surface area contributed by atoms with Gasteiger partial charge in [0.25, 0.3) is 5.95 Å². The fourth-order valence-electron chi connectivity index (χ4n) is 2.41. The van der Waals surface area contributed by atoms with Gasteiger partial charge in [-0.15, -0.1) is 4.79 Å². The van der Waals surface area contributed by atoms with Crippen LogP contribution in [0.3, 0.4) is 0 Å². The normalized spacial score (nSPS) is 10.6. The molecule has 0 unspecified atom stereocenters. The molecule has 26 heavy (non-hydrogen) atoms. The van der Waals surface area contributed by atoms with Crippen LogP contribution in [0.2, 0.25) is 0 Å². The molecule has 136 valence electrons. The number of nitrogens with two attached hydrogens (primary N) is 1. The van der Waals surface area contributed by atoms with Crippen molar-refractivity contribution in [2.24, 2.45) is 0 Å². The van der Waals surface area contributed by atoms with E-state index in [4.69, 9.17) is 15.2 Å². The average Bonchev–Trinajstić information content (AvgIpc) is 3.04. The fraction of sp³-hybridized carbons (Fsp3) is 0.235. The number of tetrazole rings is 1. The van der Waals surface area contributed by atoms with Gasteiger partial charge in [-0.1, -0.05) is 29.4 Å². The highest BCUT2D eigenvalue weighted by atomic mass is 79.9. The summed E-state index contributed by atoms with van der Waals surface area (Å²) in [5.41, 5.74) is 11.9. The second-order valence-electron chi connectivity index (χ2n) is 5.61. The topological polar surface area (TPSA) is 100 Å². The van der Waals surface area contributed by atoms with Gasteiger partial charge in [0.2, 0.25) is 0 Å². The first-order chi connectivity index (χ1) is 12.6. The highest BCUT2D eigenvalue weighted by Gasteiger charge is 2.13. The number of aromatic nitrogens is 4. The van der Waals surface area contributed by atoms with Crippen molar-refractivity contribution < 1.29 is 9.47 Å². The Labute approximate surface area is 159 Å². The molecule has 1 aromatic heterocycles. The van der Waals surface area contributed by atoms with Gasteiger partial charge in [0.15, 0.2) is 11.5 Å². The lowest BCUT2D eigenvalue weighted by Gasteiger charge is -2.15. The third-order valence-corrected chi connectivity index (χ3v) is 4.44. The van der Waals surface area contributed by atoms with Gasteiger partial charge in [-0.2, -0.15) is 0 Å². The molecule has 9 heteroatoms. The van der Waals surface area contributed by atoms with Crippen LogP contribution in [0.5, 0.6) is 11.5 Å². The highest BCUT2D eigenvalue weighted by molar-refractivity contribution is 9.10. The van der Waals surface area contributed by atoms with Crippen LogP contribution in [0.15, 0.2) is 40.9 Å². The van der Waals surface area contributed by atoms with Crippen molar-refractivity contribution in [2.75, 3.05) is 18.3 Å². The van der Waals surface area contributed by atoms with Crippen molar-refractivity contribution in [2.45, 2.75) is 20.1 Å². The second kappa shape index (κ2) is 8.05. The molecule has 1 heterocycles. The van der Waals surface area contributed by atoms with E-state index in [0.29, 0.717) is 24.7 Å². The molecule has 0 aliphatic rings. The molecule has 0 radical (unpaired) electrons. The second-order valence-corrected chi connectivity index (χ2v) is 6.46. The van der Waals surface area contributed by atoms with Crippen molar-refractivity contribution in [3.8, 4) is 11.5 Å². The largest absolute Gasteiger partial charge is 0.493 e. The molecular weight excluding hydrogens is 400 g/mol. The maximum Gasteiger partial charge on any atom is 0.260 e. The number of hydrogen-bond acceptors (Lipinski definition) is 7. The Morgan fingerprint density at radius 1 is 1.27 bits per heavy atom.